The van der Waals surface area contributed by atoms with E-state index in [4.69, 9.17) is 49.0 Å². The summed E-state index contributed by atoms with van der Waals surface area (Å²) in [4.78, 5) is 22.9. The molecule has 35 heavy (non-hydrogen) atoms. The normalized spacial score (nSPS) is 10.8. The number of hydrogen-bond donors (Lipinski definition) is 1. The molecule has 0 aliphatic heterocycles. The molecule has 0 saturated carbocycles. The number of hydrazone groups is 1. The molecule has 0 unspecified atom stereocenters. The summed E-state index contributed by atoms with van der Waals surface area (Å²) < 4.78 is 16.3. The number of carbonyl (C=O) groups excluding carboxylic acids is 1. The van der Waals surface area contributed by atoms with E-state index in [1.807, 2.05) is 0 Å². The van der Waals surface area contributed by atoms with Gasteiger partial charge in [0.05, 0.1) is 35.9 Å². The minimum absolute atomic E-state index is 0.0425. The van der Waals surface area contributed by atoms with Crippen molar-refractivity contribution in [3.8, 4) is 17.2 Å². The van der Waals surface area contributed by atoms with E-state index in [9.17, 15) is 14.9 Å². The number of methoxy groups -OCH3 is 2. The van der Waals surface area contributed by atoms with Crippen LogP contribution in [0.15, 0.2) is 53.6 Å². The number of benzene rings is 3. The Morgan fingerprint density at radius 3 is 2.43 bits per heavy atom. The number of amides is 1. The number of carbonyl (C=O) groups is 1. The van der Waals surface area contributed by atoms with Crippen molar-refractivity contribution in [2.75, 3.05) is 14.2 Å². The molecule has 3 rings (SSSR count). The van der Waals surface area contributed by atoms with Gasteiger partial charge in [-0.2, -0.15) is 5.10 Å². The maximum atomic E-state index is 12.5. The molecule has 1 N–H and O–H groups in total. The second kappa shape index (κ2) is 11.7. The van der Waals surface area contributed by atoms with Crippen LogP contribution in [0, 0.1) is 10.1 Å². The summed E-state index contributed by atoms with van der Waals surface area (Å²) in [5.74, 6) is 0.0911. The van der Waals surface area contributed by atoms with Gasteiger partial charge >= 0.3 is 0 Å². The SMILES string of the molecule is COc1ccc([N+](=O)[O-])cc1C(=O)N/N=C\c1cc(Cl)c(OCc2ccc(Cl)cc2Cl)c(OC)c1. The van der Waals surface area contributed by atoms with Crippen molar-refractivity contribution in [1.82, 2.24) is 5.43 Å². The van der Waals surface area contributed by atoms with Gasteiger partial charge in [-0.3, -0.25) is 14.9 Å². The molecule has 3 aromatic carbocycles. The lowest BCUT2D eigenvalue weighted by Crippen LogP contribution is -2.18. The third kappa shape index (κ3) is 6.54. The maximum Gasteiger partial charge on any atom is 0.275 e. The van der Waals surface area contributed by atoms with Gasteiger partial charge in [0, 0.05) is 27.7 Å². The Kier molecular flexibility index (Phi) is 8.75. The molecule has 0 aliphatic carbocycles. The zero-order valence-electron chi connectivity index (χ0n) is 18.4. The summed E-state index contributed by atoms with van der Waals surface area (Å²) in [7, 11) is 2.80. The van der Waals surface area contributed by atoms with Gasteiger partial charge in [-0.1, -0.05) is 40.9 Å². The topological polar surface area (TPSA) is 112 Å². The molecule has 0 heterocycles. The first-order chi connectivity index (χ1) is 16.7. The van der Waals surface area contributed by atoms with Crippen LogP contribution in [0.5, 0.6) is 17.2 Å². The third-order valence-electron chi connectivity index (χ3n) is 4.66. The van der Waals surface area contributed by atoms with E-state index in [-0.39, 0.29) is 28.6 Å². The minimum Gasteiger partial charge on any atom is -0.496 e. The smallest absolute Gasteiger partial charge is 0.275 e. The Balaban J connectivity index is 1.74. The van der Waals surface area contributed by atoms with E-state index < -0.39 is 10.8 Å². The Morgan fingerprint density at radius 1 is 1.03 bits per heavy atom. The molecule has 0 aromatic heterocycles. The van der Waals surface area contributed by atoms with Crippen LogP contribution < -0.4 is 19.6 Å². The number of hydrogen-bond acceptors (Lipinski definition) is 7. The number of halogens is 3. The fourth-order valence-corrected chi connectivity index (χ4v) is 3.69. The monoisotopic (exact) mass is 537 g/mol. The summed E-state index contributed by atoms with van der Waals surface area (Å²) in [6.45, 7) is 0.126. The Labute approximate surface area is 215 Å². The molecule has 9 nitrogen and oxygen atoms in total. The van der Waals surface area contributed by atoms with Gasteiger partial charge in [0.25, 0.3) is 11.6 Å². The Hall–Kier alpha value is -3.53. The van der Waals surface area contributed by atoms with Crippen LogP contribution in [-0.4, -0.2) is 31.3 Å². The molecule has 1 amide bonds. The second-order valence-electron chi connectivity index (χ2n) is 6.90. The van der Waals surface area contributed by atoms with E-state index in [0.29, 0.717) is 32.7 Å². The number of ether oxygens (including phenoxy) is 3. The molecule has 0 radical (unpaired) electrons. The number of non-ortho nitro benzene ring substituents is 1. The fourth-order valence-electron chi connectivity index (χ4n) is 2.96. The average Bonchev–Trinajstić information content (AvgIpc) is 2.83. The van der Waals surface area contributed by atoms with Crippen LogP contribution in [0.4, 0.5) is 5.69 Å². The van der Waals surface area contributed by atoms with Gasteiger partial charge in [0.15, 0.2) is 11.5 Å². The fraction of sp³-hybridized carbons (Fsp3) is 0.130. The number of nitrogens with zero attached hydrogens (tertiary/aromatic N) is 2. The standard InChI is InChI=1S/C23H18Cl3N3O6/c1-33-20-6-5-16(29(31)32)10-17(20)23(30)28-27-11-13-7-19(26)22(21(8-13)34-2)35-12-14-3-4-15(24)9-18(14)25/h3-11H,12H2,1-2H3,(H,28,30)/b27-11-. The van der Waals surface area contributed by atoms with E-state index in [2.05, 4.69) is 10.5 Å². The lowest BCUT2D eigenvalue weighted by molar-refractivity contribution is -0.384. The lowest BCUT2D eigenvalue weighted by atomic mass is 10.1. The summed E-state index contributed by atoms with van der Waals surface area (Å²) in [5.41, 5.74) is 3.21. The van der Waals surface area contributed by atoms with Gasteiger partial charge in [-0.05, 0) is 35.9 Å². The zero-order chi connectivity index (χ0) is 25.5. The van der Waals surface area contributed by atoms with Crippen LogP contribution in [-0.2, 0) is 6.61 Å². The molecule has 182 valence electrons. The number of nitro benzene ring substituents is 1. The number of rotatable bonds is 9. The largest absolute Gasteiger partial charge is 0.496 e. The van der Waals surface area contributed by atoms with Gasteiger partial charge in [0.1, 0.15) is 12.4 Å². The van der Waals surface area contributed by atoms with Crippen LogP contribution in [0.2, 0.25) is 15.1 Å². The number of nitro groups is 1. The van der Waals surface area contributed by atoms with Gasteiger partial charge in [0.2, 0.25) is 0 Å². The zero-order valence-corrected chi connectivity index (χ0v) is 20.6. The van der Waals surface area contributed by atoms with E-state index >= 15 is 0 Å². The first-order valence-electron chi connectivity index (χ1n) is 9.83. The molecule has 12 heteroatoms. The minimum atomic E-state index is -0.695. The van der Waals surface area contributed by atoms with Crippen LogP contribution in [0.1, 0.15) is 21.5 Å². The predicted molar refractivity (Wildman–Crippen MR) is 134 cm³/mol. The molecule has 0 fully saturated rings. The highest BCUT2D eigenvalue weighted by Crippen LogP contribution is 2.37. The van der Waals surface area contributed by atoms with E-state index in [1.54, 1.807) is 30.3 Å². The average molecular weight is 539 g/mol. The Morgan fingerprint density at radius 2 is 1.77 bits per heavy atom. The summed E-state index contributed by atoms with van der Waals surface area (Å²) in [5, 5.41) is 16.1. The van der Waals surface area contributed by atoms with Crippen molar-refractivity contribution >= 4 is 52.6 Å². The molecule has 0 spiro atoms. The van der Waals surface area contributed by atoms with Crippen LogP contribution >= 0.6 is 34.8 Å². The van der Waals surface area contributed by atoms with E-state index in [1.165, 1.54) is 32.6 Å². The quantitative estimate of drug-likeness (QED) is 0.206. The van der Waals surface area contributed by atoms with E-state index in [0.717, 1.165) is 6.07 Å². The lowest BCUT2D eigenvalue weighted by Gasteiger charge is -2.14. The number of nitrogens with one attached hydrogen (secondary N) is 1. The van der Waals surface area contributed by atoms with Crippen molar-refractivity contribution in [2.45, 2.75) is 6.61 Å². The van der Waals surface area contributed by atoms with Gasteiger partial charge in [-0.15, -0.1) is 0 Å². The molecular formula is C23H18Cl3N3O6. The molecule has 0 bridgehead atoms. The van der Waals surface area contributed by atoms with Crippen LogP contribution in [0.3, 0.4) is 0 Å². The Bertz CT molecular complexity index is 1300. The first-order valence-corrected chi connectivity index (χ1v) is 11.0. The van der Waals surface area contributed by atoms with Crippen molar-refractivity contribution in [3.05, 3.63) is 90.4 Å². The summed E-state index contributed by atoms with van der Waals surface area (Å²) >= 11 is 18.5. The van der Waals surface area contributed by atoms with Crippen molar-refractivity contribution < 1.29 is 23.9 Å². The second-order valence-corrected chi connectivity index (χ2v) is 8.15. The maximum absolute atomic E-state index is 12.5. The molecule has 0 saturated heterocycles. The first kappa shape index (κ1) is 26.1. The van der Waals surface area contributed by atoms with Crippen molar-refractivity contribution in [2.24, 2.45) is 5.10 Å². The highest BCUT2D eigenvalue weighted by molar-refractivity contribution is 6.35. The molecule has 3 aromatic rings. The molecule has 0 aliphatic rings. The molecule has 0 atom stereocenters. The predicted octanol–water partition coefficient (Wildman–Crippen LogP) is 5.92. The van der Waals surface area contributed by atoms with Crippen LogP contribution in [0.25, 0.3) is 0 Å². The summed E-state index contributed by atoms with van der Waals surface area (Å²) in [6.07, 6.45) is 1.33. The van der Waals surface area contributed by atoms with Crippen molar-refractivity contribution in [1.29, 1.82) is 0 Å². The highest BCUT2D eigenvalue weighted by Gasteiger charge is 2.17. The van der Waals surface area contributed by atoms with Gasteiger partial charge < -0.3 is 14.2 Å². The van der Waals surface area contributed by atoms with Crippen molar-refractivity contribution in [3.63, 3.8) is 0 Å². The molecular weight excluding hydrogens is 521 g/mol. The van der Waals surface area contributed by atoms with Gasteiger partial charge in [-0.25, -0.2) is 5.43 Å². The highest BCUT2D eigenvalue weighted by atomic mass is 35.5. The third-order valence-corrected chi connectivity index (χ3v) is 5.52. The summed E-state index contributed by atoms with van der Waals surface area (Å²) in [6, 6.07) is 11.9.